The summed E-state index contributed by atoms with van der Waals surface area (Å²) in [5.41, 5.74) is 0.695. The van der Waals surface area contributed by atoms with Crippen molar-refractivity contribution in [2.45, 2.75) is 31.3 Å². The van der Waals surface area contributed by atoms with Crippen molar-refractivity contribution < 1.29 is 9.53 Å². The molecule has 1 aromatic rings. The Kier molecular flexibility index (Phi) is 6.66. The van der Waals surface area contributed by atoms with Crippen LogP contribution in [-0.4, -0.2) is 50.8 Å². The zero-order chi connectivity index (χ0) is 16.8. The Hall–Kier alpha value is -0.950. The number of halogens is 1. The molecule has 0 aromatic heterocycles. The zero-order valence-corrected chi connectivity index (χ0v) is 15.5. The van der Waals surface area contributed by atoms with Crippen LogP contribution < -0.4 is 16.0 Å². The van der Waals surface area contributed by atoms with Crippen LogP contribution in [0.1, 0.15) is 29.6 Å². The highest BCUT2D eigenvalue weighted by Crippen LogP contribution is 2.29. The van der Waals surface area contributed by atoms with Gasteiger partial charge in [0, 0.05) is 41.8 Å². The quantitative estimate of drug-likeness (QED) is 0.644. The first kappa shape index (κ1) is 17.9. The first-order chi connectivity index (χ1) is 11.7. The van der Waals surface area contributed by atoms with Gasteiger partial charge in [0.15, 0.2) is 0 Å². The van der Waals surface area contributed by atoms with Crippen LogP contribution in [0.3, 0.4) is 0 Å². The van der Waals surface area contributed by atoms with Crippen LogP contribution in [0, 0.1) is 5.92 Å². The maximum absolute atomic E-state index is 12.1. The second kappa shape index (κ2) is 8.94. The molecule has 2 fully saturated rings. The van der Waals surface area contributed by atoms with E-state index in [0.717, 1.165) is 30.8 Å². The number of morpholine rings is 1. The smallest absolute Gasteiger partial charge is 0.251 e. The van der Waals surface area contributed by atoms with Gasteiger partial charge < -0.3 is 20.7 Å². The Labute approximate surface area is 152 Å². The van der Waals surface area contributed by atoms with Gasteiger partial charge in [0.2, 0.25) is 0 Å². The van der Waals surface area contributed by atoms with Crippen LogP contribution in [0.5, 0.6) is 0 Å². The molecular formula is C18H26BrN3O2. The van der Waals surface area contributed by atoms with E-state index < -0.39 is 0 Å². The summed E-state index contributed by atoms with van der Waals surface area (Å²) >= 11 is 3.38. The molecule has 5 nitrogen and oxygen atoms in total. The van der Waals surface area contributed by atoms with Gasteiger partial charge in [-0.05, 0) is 43.0 Å². The summed E-state index contributed by atoms with van der Waals surface area (Å²) in [4.78, 5) is 12.1. The molecule has 1 aromatic carbocycles. The van der Waals surface area contributed by atoms with Gasteiger partial charge in [-0.25, -0.2) is 0 Å². The summed E-state index contributed by atoms with van der Waals surface area (Å²) in [6.07, 6.45) is 3.74. The van der Waals surface area contributed by atoms with Gasteiger partial charge in [-0.3, -0.25) is 4.79 Å². The summed E-state index contributed by atoms with van der Waals surface area (Å²) in [5.74, 6) is 0.613. The normalized spacial score (nSPS) is 27.1. The van der Waals surface area contributed by atoms with Gasteiger partial charge in [-0.15, -0.1) is 0 Å². The number of nitrogens with one attached hydrogen (secondary N) is 3. The van der Waals surface area contributed by atoms with E-state index in [1.165, 1.54) is 19.3 Å². The number of carbonyl (C=O) groups excluding carboxylic acids is 1. The fourth-order valence-electron chi connectivity index (χ4n) is 3.72. The first-order valence-corrected chi connectivity index (χ1v) is 9.61. The average Bonchev–Trinajstić information content (AvgIpc) is 3.08. The van der Waals surface area contributed by atoms with Crippen LogP contribution >= 0.6 is 15.9 Å². The molecule has 0 spiro atoms. The van der Waals surface area contributed by atoms with E-state index in [-0.39, 0.29) is 5.91 Å². The second-order valence-corrected chi connectivity index (χ2v) is 7.47. The van der Waals surface area contributed by atoms with Gasteiger partial charge in [0.1, 0.15) is 0 Å². The molecule has 3 unspecified atom stereocenters. The molecular weight excluding hydrogens is 370 g/mol. The molecule has 1 heterocycles. The fraction of sp³-hybridized carbons (Fsp3) is 0.611. The molecule has 132 valence electrons. The Bertz CT molecular complexity index is 532. The number of ether oxygens (including phenoxy) is 1. The van der Waals surface area contributed by atoms with Gasteiger partial charge in [-0.2, -0.15) is 0 Å². The van der Waals surface area contributed by atoms with Crippen LogP contribution in [0.15, 0.2) is 28.7 Å². The first-order valence-electron chi connectivity index (χ1n) is 8.82. The van der Waals surface area contributed by atoms with Crippen molar-refractivity contribution in [1.29, 1.82) is 0 Å². The number of benzene rings is 1. The molecule has 24 heavy (non-hydrogen) atoms. The number of hydrogen-bond donors (Lipinski definition) is 3. The maximum Gasteiger partial charge on any atom is 0.251 e. The monoisotopic (exact) mass is 395 g/mol. The lowest BCUT2D eigenvalue weighted by Gasteiger charge is -2.33. The van der Waals surface area contributed by atoms with Crippen LogP contribution in [0.4, 0.5) is 0 Å². The van der Waals surface area contributed by atoms with Crippen molar-refractivity contribution in [2.24, 2.45) is 5.92 Å². The third-order valence-electron chi connectivity index (χ3n) is 4.96. The van der Waals surface area contributed by atoms with E-state index in [0.29, 0.717) is 30.1 Å². The van der Waals surface area contributed by atoms with E-state index >= 15 is 0 Å². The Morgan fingerprint density at radius 2 is 2.08 bits per heavy atom. The van der Waals surface area contributed by atoms with E-state index in [4.69, 9.17) is 4.74 Å². The summed E-state index contributed by atoms with van der Waals surface area (Å²) in [6, 6.07) is 8.42. The predicted octanol–water partition coefficient (Wildman–Crippen LogP) is 1.93. The molecule has 3 rings (SSSR count). The average molecular weight is 396 g/mol. The van der Waals surface area contributed by atoms with Crippen LogP contribution in [-0.2, 0) is 4.74 Å². The number of hydrogen-bond acceptors (Lipinski definition) is 4. The van der Waals surface area contributed by atoms with Crippen molar-refractivity contribution in [3.63, 3.8) is 0 Å². The highest BCUT2D eigenvalue weighted by molar-refractivity contribution is 9.10. The van der Waals surface area contributed by atoms with E-state index in [9.17, 15) is 4.79 Å². The minimum Gasteiger partial charge on any atom is -0.379 e. The van der Waals surface area contributed by atoms with E-state index in [2.05, 4.69) is 31.9 Å². The minimum absolute atomic E-state index is 0.0189. The predicted molar refractivity (Wildman–Crippen MR) is 98.2 cm³/mol. The van der Waals surface area contributed by atoms with Gasteiger partial charge in [0.05, 0.1) is 13.2 Å². The lowest BCUT2D eigenvalue weighted by molar-refractivity contribution is 0.0526. The minimum atomic E-state index is -0.0189. The molecule has 6 heteroatoms. The number of amides is 1. The summed E-state index contributed by atoms with van der Waals surface area (Å²) < 4.78 is 6.59. The lowest BCUT2D eigenvalue weighted by atomic mass is 9.94. The highest BCUT2D eigenvalue weighted by Gasteiger charge is 2.34. The Morgan fingerprint density at radius 1 is 1.25 bits per heavy atom. The number of rotatable bonds is 6. The van der Waals surface area contributed by atoms with E-state index in [1.807, 2.05) is 24.3 Å². The molecule has 1 aliphatic carbocycles. The van der Waals surface area contributed by atoms with Crippen LogP contribution in [0.2, 0.25) is 0 Å². The van der Waals surface area contributed by atoms with Crippen molar-refractivity contribution in [3.05, 3.63) is 34.3 Å². The van der Waals surface area contributed by atoms with Crippen molar-refractivity contribution in [1.82, 2.24) is 16.0 Å². The van der Waals surface area contributed by atoms with Crippen LogP contribution in [0.25, 0.3) is 0 Å². The molecule has 1 saturated heterocycles. The Balaban J connectivity index is 1.39. The third-order valence-corrected chi connectivity index (χ3v) is 5.49. The van der Waals surface area contributed by atoms with Crippen molar-refractivity contribution in [2.75, 3.05) is 32.8 Å². The Morgan fingerprint density at radius 3 is 2.83 bits per heavy atom. The molecule has 0 bridgehead atoms. The lowest BCUT2D eigenvalue weighted by Crippen LogP contribution is -2.51. The topological polar surface area (TPSA) is 62.4 Å². The van der Waals surface area contributed by atoms with Gasteiger partial charge in [-0.1, -0.05) is 22.4 Å². The van der Waals surface area contributed by atoms with Crippen molar-refractivity contribution >= 4 is 21.8 Å². The molecule has 0 radical (unpaired) electrons. The summed E-state index contributed by atoms with van der Waals surface area (Å²) in [6.45, 7) is 4.05. The fourth-order valence-corrected chi connectivity index (χ4v) is 3.99. The SMILES string of the molecule is O=C(NCCNC1CCCC1C1COCCN1)c1ccc(Br)cc1. The maximum atomic E-state index is 12.1. The summed E-state index contributed by atoms with van der Waals surface area (Å²) in [7, 11) is 0. The third kappa shape index (κ3) is 4.79. The zero-order valence-electron chi connectivity index (χ0n) is 13.9. The van der Waals surface area contributed by atoms with Crippen molar-refractivity contribution in [3.8, 4) is 0 Å². The molecule has 3 atom stereocenters. The largest absolute Gasteiger partial charge is 0.379 e. The van der Waals surface area contributed by atoms with Gasteiger partial charge in [0.25, 0.3) is 5.91 Å². The molecule has 3 N–H and O–H groups in total. The van der Waals surface area contributed by atoms with Gasteiger partial charge >= 0.3 is 0 Å². The second-order valence-electron chi connectivity index (χ2n) is 6.55. The summed E-state index contributed by atoms with van der Waals surface area (Å²) in [5, 5.41) is 10.2. The standard InChI is InChI=1S/C18H26BrN3O2/c19-14-6-4-13(5-7-14)18(23)22-9-8-20-16-3-1-2-15(16)17-12-24-11-10-21-17/h4-7,15-17,20-21H,1-3,8-12H2,(H,22,23). The van der Waals surface area contributed by atoms with E-state index in [1.54, 1.807) is 0 Å². The number of carbonyl (C=O) groups is 1. The highest BCUT2D eigenvalue weighted by atomic mass is 79.9. The molecule has 1 aliphatic heterocycles. The molecule has 1 amide bonds. The molecule has 2 aliphatic rings. The molecule has 1 saturated carbocycles.